The Bertz CT molecular complexity index is 542. The van der Waals surface area contributed by atoms with Crippen molar-refractivity contribution >= 4 is 22.9 Å². The average Bonchev–Trinajstić information content (AvgIpc) is 2.77. The second kappa shape index (κ2) is 5.78. The molecule has 2 nitrogen and oxygen atoms in total. The maximum atomic E-state index is 13.1. The van der Waals surface area contributed by atoms with E-state index in [1.165, 1.54) is 10.9 Å². The summed E-state index contributed by atoms with van der Waals surface area (Å²) >= 11 is 7.45. The molecule has 18 heavy (non-hydrogen) atoms. The lowest BCUT2D eigenvalue weighted by Gasteiger charge is -2.14. The molecule has 0 saturated carbocycles. The first-order valence-electron chi connectivity index (χ1n) is 5.63. The largest absolute Gasteiger partial charge is 0.312 e. The van der Waals surface area contributed by atoms with Gasteiger partial charge in [-0.15, -0.1) is 11.3 Å². The Kier molecular flexibility index (Phi) is 4.32. The van der Waals surface area contributed by atoms with Crippen LogP contribution in [-0.2, 0) is 6.42 Å². The Morgan fingerprint density at radius 2 is 2.28 bits per heavy atom. The Balaban J connectivity index is 2.17. The molecule has 1 aromatic carbocycles. The van der Waals surface area contributed by atoms with Gasteiger partial charge in [0.2, 0.25) is 0 Å². The van der Waals surface area contributed by atoms with Crippen LogP contribution in [0.3, 0.4) is 0 Å². The van der Waals surface area contributed by atoms with Crippen molar-refractivity contribution in [3.05, 3.63) is 50.7 Å². The monoisotopic (exact) mass is 284 g/mol. The summed E-state index contributed by atoms with van der Waals surface area (Å²) in [5.41, 5.74) is 1.01. The van der Waals surface area contributed by atoms with Crippen molar-refractivity contribution < 1.29 is 4.39 Å². The molecule has 2 aromatic rings. The zero-order chi connectivity index (χ0) is 13.1. The standard InChI is InChI=1S/C13H14ClFN2S/c1-8-17-7-13(18-8)12(16-2)6-9-3-4-11(15)10(14)5-9/h3-5,7,12,16H,6H2,1-2H3. The average molecular weight is 285 g/mol. The zero-order valence-corrected chi connectivity index (χ0v) is 11.8. The van der Waals surface area contributed by atoms with E-state index in [1.54, 1.807) is 23.5 Å². The summed E-state index contributed by atoms with van der Waals surface area (Å²) in [5.74, 6) is -0.380. The fraction of sp³-hybridized carbons (Fsp3) is 0.308. The molecule has 1 heterocycles. The summed E-state index contributed by atoms with van der Waals surface area (Å²) in [7, 11) is 1.91. The van der Waals surface area contributed by atoms with E-state index >= 15 is 0 Å². The molecule has 0 aliphatic rings. The highest BCUT2D eigenvalue weighted by molar-refractivity contribution is 7.11. The topological polar surface area (TPSA) is 24.9 Å². The lowest BCUT2D eigenvalue weighted by molar-refractivity contribution is 0.597. The van der Waals surface area contributed by atoms with Crippen molar-refractivity contribution in [1.29, 1.82) is 0 Å². The van der Waals surface area contributed by atoms with E-state index in [0.717, 1.165) is 17.0 Å². The highest BCUT2D eigenvalue weighted by Gasteiger charge is 2.13. The van der Waals surface area contributed by atoms with Gasteiger partial charge in [-0.25, -0.2) is 9.37 Å². The summed E-state index contributed by atoms with van der Waals surface area (Å²) in [6, 6.07) is 5.02. The normalized spacial score (nSPS) is 12.7. The molecule has 0 bridgehead atoms. The van der Waals surface area contributed by atoms with E-state index in [4.69, 9.17) is 11.6 Å². The van der Waals surface area contributed by atoms with Gasteiger partial charge in [0.1, 0.15) is 5.82 Å². The maximum absolute atomic E-state index is 13.1. The van der Waals surface area contributed by atoms with Crippen LogP contribution in [0.1, 0.15) is 21.5 Å². The molecule has 5 heteroatoms. The zero-order valence-electron chi connectivity index (χ0n) is 10.2. The number of hydrogen-bond acceptors (Lipinski definition) is 3. The molecule has 0 amide bonds. The van der Waals surface area contributed by atoms with Crippen LogP contribution in [0.4, 0.5) is 4.39 Å². The van der Waals surface area contributed by atoms with Crippen LogP contribution in [-0.4, -0.2) is 12.0 Å². The molecule has 96 valence electrons. The molecule has 0 fully saturated rings. The number of halogens is 2. The lowest BCUT2D eigenvalue weighted by Crippen LogP contribution is -2.17. The summed E-state index contributed by atoms with van der Waals surface area (Å²) < 4.78 is 13.1. The van der Waals surface area contributed by atoms with E-state index in [-0.39, 0.29) is 16.9 Å². The number of aryl methyl sites for hydroxylation is 1. The van der Waals surface area contributed by atoms with Gasteiger partial charge in [-0.05, 0) is 38.1 Å². The van der Waals surface area contributed by atoms with Crippen LogP contribution < -0.4 is 5.32 Å². The summed E-state index contributed by atoms with van der Waals surface area (Å²) in [6.45, 7) is 1.98. The maximum Gasteiger partial charge on any atom is 0.141 e. The van der Waals surface area contributed by atoms with Crippen LogP contribution in [0.25, 0.3) is 0 Å². The quantitative estimate of drug-likeness (QED) is 0.925. The molecular weight excluding hydrogens is 271 g/mol. The number of aromatic nitrogens is 1. The second-order valence-electron chi connectivity index (χ2n) is 4.08. The third-order valence-corrected chi connectivity index (χ3v) is 4.07. The summed E-state index contributed by atoms with van der Waals surface area (Å²) in [5, 5.41) is 4.46. The molecule has 0 aliphatic heterocycles. The van der Waals surface area contributed by atoms with Crippen LogP contribution in [0.2, 0.25) is 5.02 Å². The fourth-order valence-electron chi connectivity index (χ4n) is 1.79. The van der Waals surface area contributed by atoms with Crippen LogP contribution in [0, 0.1) is 12.7 Å². The van der Waals surface area contributed by atoms with E-state index in [1.807, 2.05) is 20.2 Å². The molecule has 0 radical (unpaired) electrons. The summed E-state index contributed by atoms with van der Waals surface area (Å²) in [6.07, 6.45) is 2.64. The van der Waals surface area contributed by atoms with Gasteiger partial charge in [0, 0.05) is 17.1 Å². The first kappa shape index (κ1) is 13.5. The molecule has 0 spiro atoms. The minimum Gasteiger partial charge on any atom is -0.312 e. The number of likely N-dealkylation sites (N-methyl/N-ethyl adjacent to an activating group) is 1. The van der Waals surface area contributed by atoms with Crippen LogP contribution >= 0.6 is 22.9 Å². The minimum atomic E-state index is -0.380. The second-order valence-corrected chi connectivity index (χ2v) is 5.75. The Morgan fingerprint density at radius 3 is 2.83 bits per heavy atom. The Hall–Kier alpha value is -0.970. The van der Waals surface area contributed by atoms with Gasteiger partial charge in [0.05, 0.1) is 10.0 Å². The van der Waals surface area contributed by atoms with Crippen LogP contribution in [0.15, 0.2) is 24.4 Å². The molecule has 0 aliphatic carbocycles. The third-order valence-electron chi connectivity index (χ3n) is 2.75. The molecule has 2 rings (SSSR count). The summed E-state index contributed by atoms with van der Waals surface area (Å²) in [4.78, 5) is 5.43. The highest BCUT2D eigenvalue weighted by Crippen LogP contribution is 2.25. The SMILES string of the molecule is CNC(Cc1ccc(F)c(Cl)c1)c1cnc(C)s1. The number of thiazole rings is 1. The van der Waals surface area contributed by atoms with Crippen molar-refractivity contribution in [3.63, 3.8) is 0 Å². The molecule has 1 unspecified atom stereocenters. The predicted octanol–water partition coefficient (Wildman–Crippen LogP) is 3.75. The Labute approximate surface area is 115 Å². The van der Waals surface area contributed by atoms with Crippen molar-refractivity contribution in [1.82, 2.24) is 10.3 Å². The number of nitrogens with one attached hydrogen (secondary N) is 1. The number of benzene rings is 1. The fourth-order valence-corrected chi connectivity index (χ4v) is 2.88. The number of hydrogen-bond donors (Lipinski definition) is 1. The van der Waals surface area contributed by atoms with E-state index in [9.17, 15) is 4.39 Å². The number of rotatable bonds is 4. The first-order chi connectivity index (χ1) is 8.60. The van der Waals surface area contributed by atoms with Gasteiger partial charge in [0.25, 0.3) is 0 Å². The molecular formula is C13H14ClFN2S. The van der Waals surface area contributed by atoms with Gasteiger partial charge in [0.15, 0.2) is 0 Å². The van der Waals surface area contributed by atoms with Crippen molar-refractivity contribution in [3.8, 4) is 0 Å². The minimum absolute atomic E-state index is 0.169. The molecule has 1 aromatic heterocycles. The van der Waals surface area contributed by atoms with Crippen molar-refractivity contribution in [2.24, 2.45) is 0 Å². The van der Waals surface area contributed by atoms with Gasteiger partial charge in [-0.1, -0.05) is 17.7 Å². The van der Waals surface area contributed by atoms with Gasteiger partial charge < -0.3 is 5.32 Å². The van der Waals surface area contributed by atoms with Crippen LogP contribution in [0.5, 0.6) is 0 Å². The molecule has 0 saturated heterocycles. The first-order valence-corrected chi connectivity index (χ1v) is 6.83. The molecule has 1 atom stereocenters. The Morgan fingerprint density at radius 1 is 1.50 bits per heavy atom. The smallest absolute Gasteiger partial charge is 0.141 e. The van der Waals surface area contributed by atoms with E-state index in [0.29, 0.717) is 0 Å². The predicted molar refractivity (Wildman–Crippen MR) is 73.8 cm³/mol. The van der Waals surface area contributed by atoms with Gasteiger partial charge in [-0.3, -0.25) is 0 Å². The highest BCUT2D eigenvalue weighted by atomic mass is 35.5. The third kappa shape index (κ3) is 3.07. The van der Waals surface area contributed by atoms with E-state index in [2.05, 4.69) is 10.3 Å². The molecule has 1 N–H and O–H groups in total. The van der Waals surface area contributed by atoms with Crippen molar-refractivity contribution in [2.75, 3.05) is 7.05 Å². The number of nitrogens with zero attached hydrogens (tertiary/aromatic N) is 1. The van der Waals surface area contributed by atoms with Gasteiger partial charge >= 0.3 is 0 Å². The van der Waals surface area contributed by atoms with Gasteiger partial charge in [-0.2, -0.15) is 0 Å². The van der Waals surface area contributed by atoms with Crippen molar-refractivity contribution in [2.45, 2.75) is 19.4 Å². The lowest BCUT2D eigenvalue weighted by atomic mass is 10.1. The van der Waals surface area contributed by atoms with E-state index < -0.39 is 0 Å².